The monoisotopic (exact) mass is 102 g/mol. The maximum Gasteiger partial charge on any atom is 0.122 e. The van der Waals surface area contributed by atoms with Gasteiger partial charge in [-0.3, -0.25) is 0 Å². The fourth-order valence-electron chi connectivity index (χ4n) is 0.706. The topological polar surface area (TPSA) is 15.3 Å². The van der Waals surface area contributed by atoms with Crippen molar-refractivity contribution in [2.24, 2.45) is 0 Å². The molecule has 1 rings (SSSR count). The van der Waals surface area contributed by atoms with Gasteiger partial charge in [-0.1, -0.05) is 0 Å². The highest BCUT2D eigenvalue weighted by atomic mass is 15.2. The van der Waals surface area contributed by atoms with Crippen LogP contribution in [0.4, 0.5) is 0 Å². The summed E-state index contributed by atoms with van der Waals surface area (Å²) < 4.78 is 7.17. The van der Waals surface area contributed by atoms with Gasteiger partial charge in [0.15, 0.2) is 0 Å². The van der Waals surface area contributed by atoms with E-state index in [1.54, 1.807) is 5.31 Å². The smallest absolute Gasteiger partial charge is 0.122 e. The van der Waals surface area contributed by atoms with E-state index in [0.717, 1.165) is 26.2 Å². The van der Waals surface area contributed by atoms with Gasteiger partial charge in [-0.05, 0) is 7.05 Å². The van der Waals surface area contributed by atoms with Crippen LogP contribution < -0.4 is 5.31 Å². The first-order valence-corrected chi connectivity index (χ1v) is 2.71. The summed E-state index contributed by atoms with van der Waals surface area (Å²) >= 11 is 0. The highest BCUT2D eigenvalue weighted by Gasteiger charge is 2.01. The number of piperazine rings is 1. The maximum absolute atomic E-state index is 7.17. The average Bonchev–Trinajstić information content (AvgIpc) is 1.77. The quantitative estimate of drug-likeness (QED) is 0.444. The Hall–Kier alpha value is -0.0800. The van der Waals surface area contributed by atoms with Gasteiger partial charge in [0.05, 0.1) is 0 Å². The number of nitrogens with zero attached hydrogens (tertiary/aromatic N) is 1. The zero-order valence-electron chi connectivity index (χ0n) is 5.72. The van der Waals surface area contributed by atoms with Crippen LogP contribution in [0.25, 0.3) is 0 Å². The molecular formula is C5H12N2. The molecule has 7 heavy (non-hydrogen) atoms. The van der Waals surface area contributed by atoms with Crippen LogP contribution in [-0.4, -0.2) is 38.1 Å². The molecule has 2 heteroatoms. The van der Waals surface area contributed by atoms with Crippen LogP contribution >= 0.6 is 0 Å². The van der Waals surface area contributed by atoms with E-state index in [9.17, 15) is 0 Å². The molecule has 0 atom stereocenters. The molecule has 0 aliphatic carbocycles. The predicted octanol–water partition coefficient (Wildman–Crippen LogP) is -0.479. The molecule has 1 fully saturated rings. The molecule has 1 saturated heterocycles. The van der Waals surface area contributed by atoms with Crippen molar-refractivity contribution in [3.63, 3.8) is 0 Å². The summed E-state index contributed by atoms with van der Waals surface area (Å²) in [5.74, 6) is 0. The van der Waals surface area contributed by atoms with E-state index >= 15 is 0 Å². The van der Waals surface area contributed by atoms with Gasteiger partial charge in [0.25, 0.3) is 0 Å². The minimum atomic E-state index is 0.899. The molecule has 0 aromatic rings. The van der Waals surface area contributed by atoms with Crippen LogP contribution in [0.5, 0.6) is 0 Å². The summed E-state index contributed by atoms with van der Waals surface area (Å²) in [5.41, 5.74) is 0. The molecule has 0 unspecified atom stereocenters. The molecule has 1 aliphatic rings. The molecule has 0 aromatic heterocycles. The van der Waals surface area contributed by atoms with E-state index < -0.39 is 0 Å². The summed E-state index contributed by atoms with van der Waals surface area (Å²) in [6.45, 7) is 3.89. The molecule has 42 valence electrons. The van der Waals surface area contributed by atoms with Gasteiger partial charge in [-0.15, -0.1) is 0 Å². The molecule has 0 aromatic carbocycles. The van der Waals surface area contributed by atoms with Crippen LogP contribution in [0, 0.1) is 0 Å². The SMILES string of the molecule is [3H]N1CCN(C)CC1. The molecule has 0 spiro atoms. The normalized spacial score (nSPS) is 30.1. The van der Waals surface area contributed by atoms with Crippen molar-refractivity contribution in [2.75, 3.05) is 33.2 Å². The lowest BCUT2D eigenvalue weighted by Crippen LogP contribution is -2.40. The summed E-state index contributed by atoms with van der Waals surface area (Å²) in [7, 11) is 2.09. The summed E-state index contributed by atoms with van der Waals surface area (Å²) in [6, 6.07) is 0. The van der Waals surface area contributed by atoms with Crippen molar-refractivity contribution in [1.82, 2.24) is 10.2 Å². The molecule has 2 nitrogen and oxygen atoms in total. The minimum Gasteiger partial charge on any atom is -0.314 e. The van der Waals surface area contributed by atoms with Crippen molar-refractivity contribution in [3.8, 4) is 0 Å². The van der Waals surface area contributed by atoms with Crippen molar-refractivity contribution in [3.05, 3.63) is 0 Å². The Bertz CT molecular complexity index is 58.8. The Kier molecular flexibility index (Phi) is 1.26. The first-order valence-electron chi connectivity index (χ1n) is 3.16. The van der Waals surface area contributed by atoms with E-state index in [2.05, 4.69) is 11.9 Å². The number of hydrogen-bond acceptors (Lipinski definition) is 2. The third-order valence-corrected chi connectivity index (χ3v) is 1.28. The molecular weight excluding hydrogens is 88.1 g/mol. The second-order valence-corrected chi connectivity index (χ2v) is 1.97. The molecule has 0 radical (unpaired) electrons. The van der Waals surface area contributed by atoms with Crippen molar-refractivity contribution < 1.29 is 1.41 Å². The van der Waals surface area contributed by atoms with Gasteiger partial charge in [-0.25, -0.2) is 0 Å². The number of nitrogens with one attached hydrogen (secondary N) is 1. The number of likely N-dealkylation sites (N-methyl/N-ethyl adjacent to an activating group) is 1. The Morgan fingerprint density at radius 3 is 2.57 bits per heavy atom. The fourth-order valence-corrected chi connectivity index (χ4v) is 0.706. The number of hydrogen-bond donors (Lipinski definition) is 1. The third-order valence-electron chi connectivity index (χ3n) is 1.28. The minimum absolute atomic E-state index is 0.899. The largest absolute Gasteiger partial charge is 0.314 e. The predicted molar refractivity (Wildman–Crippen MR) is 30.4 cm³/mol. The van der Waals surface area contributed by atoms with Crippen LogP contribution in [0.3, 0.4) is 0 Å². The fraction of sp³-hybridized carbons (Fsp3) is 1.00. The average molecular weight is 102 g/mol. The molecule has 1 heterocycles. The van der Waals surface area contributed by atoms with Crippen LogP contribution in [0.15, 0.2) is 0 Å². The second kappa shape index (κ2) is 2.28. The lowest BCUT2D eigenvalue weighted by Gasteiger charge is -2.21. The summed E-state index contributed by atoms with van der Waals surface area (Å²) in [5, 5.41) is 1.61. The van der Waals surface area contributed by atoms with Crippen LogP contribution in [-0.2, 0) is 0 Å². The van der Waals surface area contributed by atoms with Gasteiger partial charge in [0.2, 0.25) is 0 Å². The second-order valence-electron chi connectivity index (χ2n) is 1.97. The third kappa shape index (κ3) is 1.45. The first kappa shape index (κ1) is 3.87. The van der Waals surface area contributed by atoms with Crippen molar-refractivity contribution >= 4 is 0 Å². The molecule has 1 aliphatic heterocycles. The standard InChI is InChI=1S/C5H12N2/c1-7-4-2-6-3-5-7/h6H,2-5H2,1H3/i/hT. The van der Waals surface area contributed by atoms with E-state index in [0.29, 0.717) is 0 Å². The molecule has 1 N–H and O–H groups in total. The van der Waals surface area contributed by atoms with E-state index in [-0.39, 0.29) is 0 Å². The first-order chi connectivity index (χ1) is 3.79. The van der Waals surface area contributed by atoms with Gasteiger partial charge in [-0.2, -0.15) is 0 Å². The zero-order valence-corrected chi connectivity index (χ0v) is 4.72. The van der Waals surface area contributed by atoms with Gasteiger partial charge >= 0.3 is 0 Å². The molecule has 0 saturated carbocycles. The van der Waals surface area contributed by atoms with Crippen LogP contribution in [0.1, 0.15) is 0 Å². The summed E-state index contributed by atoms with van der Waals surface area (Å²) in [6.07, 6.45) is 0. The highest BCUT2D eigenvalue weighted by molar-refractivity contribution is 4.62. The van der Waals surface area contributed by atoms with Gasteiger partial charge in [0, 0.05) is 26.2 Å². The molecule has 0 bridgehead atoms. The van der Waals surface area contributed by atoms with Crippen LogP contribution in [0.2, 0.25) is 1.41 Å². The lowest BCUT2D eigenvalue weighted by atomic mass is 10.4. The van der Waals surface area contributed by atoms with Gasteiger partial charge in [0.1, 0.15) is 1.41 Å². The Labute approximate surface area is 46.0 Å². The van der Waals surface area contributed by atoms with E-state index in [1.165, 1.54) is 0 Å². The van der Waals surface area contributed by atoms with E-state index in [1.807, 2.05) is 0 Å². The van der Waals surface area contributed by atoms with Gasteiger partial charge < -0.3 is 10.2 Å². The Morgan fingerprint density at radius 1 is 1.57 bits per heavy atom. The number of rotatable bonds is 0. The zero-order chi connectivity index (χ0) is 5.98. The maximum atomic E-state index is 7.17. The lowest BCUT2D eigenvalue weighted by molar-refractivity contribution is 0.291. The van der Waals surface area contributed by atoms with Crippen molar-refractivity contribution in [2.45, 2.75) is 0 Å². The van der Waals surface area contributed by atoms with E-state index in [4.69, 9.17) is 1.41 Å². The molecule has 0 amide bonds. The van der Waals surface area contributed by atoms with Crippen molar-refractivity contribution in [1.29, 1.82) is 0 Å². The Morgan fingerprint density at radius 2 is 2.14 bits per heavy atom. The highest BCUT2D eigenvalue weighted by Crippen LogP contribution is 1.82. The Balaban J connectivity index is 2.19. The summed E-state index contributed by atoms with van der Waals surface area (Å²) in [4.78, 5) is 2.24.